The molecule has 1 rings (SSSR count). The summed E-state index contributed by atoms with van der Waals surface area (Å²) < 4.78 is 70.2. The SMILES string of the molecule is COC(=O)Cc1c(OC(F)(F)F)cc(C(F)F)nc1CCl. The number of halogens is 6. The molecule has 0 aromatic carbocycles. The molecule has 0 atom stereocenters. The molecule has 1 aromatic heterocycles. The van der Waals surface area contributed by atoms with Crippen LogP contribution in [0.15, 0.2) is 6.07 Å². The molecule has 0 spiro atoms. The number of esters is 1. The highest BCUT2D eigenvalue weighted by molar-refractivity contribution is 6.17. The van der Waals surface area contributed by atoms with Crippen LogP contribution >= 0.6 is 11.6 Å². The second-order valence-corrected chi connectivity index (χ2v) is 3.97. The van der Waals surface area contributed by atoms with E-state index in [1.54, 1.807) is 0 Å². The molecule has 4 nitrogen and oxygen atoms in total. The minimum absolute atomic E-state index is 0.306. The molecule has 0 unspecified atom stereocenters. The molecule has 1 aromatic rings. The van der Waals surface area contributed by atoms with E-state index in [1.807, 2.05) is 0 Å². The number of hydrogen-bond donors (Lipinski definition) is 0. The molecule has 0 N–H and O–H groups in total. The van der Waals surface area contributed by atoms with Crippen LogP contribution in [-0.2, 0) is 21.8 Å². The Balaban J connectivity index is 3.37. The fraction of sp³-hybridized carbons (Fsp3) is 0.455. The van der Waals surface area contributed by atoms with Gasteiger partial charge in [0.05, 0.1) is 25.1 Å². The Bertz CT molecular complexity index is 521. The van der Waals surface area contributed by atoms with Gasteiger partial charge in [0.25, 0.3) is 6.43 Å². The summed E-state index contributed by atoms with van der Waals surface area (Å²) in [6, 6.07) is 0.423. The van der Waals surface area contributed by atoms with Crippen LogP contribution in [0.4, 0.5) is 22.0 Å². The van der Waals surface area contributed by atoms with Crippen molar-refractivity contribution in [2.45, 2.75) is 25.1 Å². The van der Waals surface area contributed by atoms with Gasteiger partial charge in [-0.05, 0) is 0 Å². The van der Waals surface area contributed by atoms with E-state index >= 15 is 0 Å². The van der Waals surface area contributed by atoms with Gasteiger partial charge in [-0.1, -0.05) is 0 Å². The van der Waals surface area contributed by atoms with E-state index in [0.717, 1.165) is 7.11 Å². The van der Waals surface area contributed by atoms with Gasteiger partial charge in [-0.15, -0.1) is 24.8 Å². The van der Waals surface area contributed by atoms with Crippen molar-refractivity contribution < 1.29 is 36.2 Å². The smallest absolute Gasteiger partial charge is 0.469 e. The third kappa shape index (κ3) is 5.00. The van der Waals surface area contributed by atoms with Gasteiger partial charge in [0, 0.05) is 11.6 Å². The number of carbonyl (C=O) groups excluding carboxylic acids is 1. The Hall–Kier alpha value is -1.64. The predicted octanol–water partition coefficient (Wildman–Crippen LogP) is 3.37. The first-order valence-electron chi connectivity index (χ1n) is 5.37. The van der Waals surface area contributed by atoms with Gasteiger partial charge in [0.1, 0.15) is 11.4 Å². The number of carbonyl (C=O) groups is 1. The van der Waals surface area contributed by atoms with Crippen LogP contribution < -0.4 is 4.74 Å². The molecule has 0 aliphatic carbocycles. The zero-order valence-electron chi connectivity index (χ0n) is 10.5. The van der Waals surface area contributed by atoms with Crippen LogP contribution in [0.1, 0.15) is 23.4 Å². The quantitative estimate of drug-likeness (QED) is 0.471. The highest BCUT2D eigenvalue weighted by Crippen LogP contribution is 2.32. The molecule has 1 heterocycles. The molecule has 0 amide bonds. The Morgan fingerprint density at radius 1 is 1.43 bits per heavy atom. The second kappa shape index (κ2) is 6.88. The van der Waals surface area contributed by atoms with Crippen LogP contribution in [0.3, 0.4) is 0 Å². The number of rotatable bonds is 5. The number of alkyl halides is 6. The van der Waals surface area contributed by atoms with Crippen molar-refractivity contribution >= 4 is 17.6 Å². The first kappa shape index (κ1) is 17.4. The van der Waals surface area contributed by atoms with E-state index in [0.29, 0.717) is 6.07 Å². The number of nitrogens with zero attached hydrogens (tertiary/aromatic N) is 1. The second-order valence-electron chi connectivity index (χ2n) is 3.71. The van der Waals surface area contributed by atoms with Crippen LogP contribution in [0.25, 0.3) is 0 Å². The van der Waals surface area contributed by atoms with Gasteiger partial charge < -0.3 is 9.47 Å². The fourth-order valence-electron chi connectivity index (χ4n) is 1.46. The number of aromatic nitrogens is 1. The van der Waals surface area contributed by atoms with Crippen LogP contribution in [-0.4, -0.2) is 24.4 Å². The summed E-state index contributed by atoms with van der Waals surface area (Å²) in [5.41, 5.74) is -1.59. The summed E-state index contributed by atoms with van der Waals surface area (Å²) in [5, 5.41) is 0. The Morgan fingerprint density at radius 3 is 2.48 bits per heavy atom. The predicted molar refractivity (Wildman–Crippen MR) is 61.2 cm³/mol. The standard InChI is InChI=1S/C11H9ClF5NO3/c1-20-9(19)2-5-7(4-12)18-6(10(13)14)3-8(5)21-11(15,16)17/h3,10H,2,4H2,1H3. The number of methoxy groups -OCH3 is 1. The minimum Gasteiger partial charge on any atom is -0.469 e. The maximum Gasteiger partial charge on any atom is 0.573 e. The third-order valence-electron chi connectivity index (χ3n) is 2.31. The lowest BCUT2D eigenvalue weighted by Gasteiger charge is -2.16. The molecule has 0 aliphatic rings. The topological polar surface area (TPSA) is 48.4 Å². The molecule has 0 radical (unpaired) electrons. The average Bonchev–Trinajstić information content (AvgIpc) is 2.38. The zero-order chi connectivity index (χ0) is 16.2. The van der Waals surface area contributed by atoms with E-state index in [4.69, 9.17) is 11.6 Å². The van der Waals surface area contributed by atoms with Gasteiger partial charge in [-0.3, -0.25) is 9.78 Å². The highest BCUT2D eigenvalue weighted by atomic mass is 35.5. The van der Waals surface area contributed by atoms with Crippen LogP contribution in [0.5, 0.6) is 5.75 Å². The van der Waals surface area contributed by atoms with Crippen LogP contribution in [0.2, 0.25) is 0 Å². The monoisotopic (exact) mass is 333 g/mol. The van der Waals surface area contributed by atoms with Gasteiger partial charge in [0.15, 0.2) is 0 Å². The molecule has 118 valence electrons. The number of pyridine rings is 1. The first-order valence-corrected chi connectivity index (χ1v) is 5.90. The zero-order valence-corrected chi connectivity index (χ0v) is 11.3. The molecule has 10 heteroatoms. The van der Waals surface area contributed by atoms with Crippen molar-refractivity contribution in [1.82, 2.24) is 4.98 Å². The Labute approximate surface area is 120 Å². The van der Waals surface area contributed by atoms with E-state index in [1.165, 1.54) is 0 Å². The maximum atomic E-state index is 12.6. The molecule has 0 aliphatic heterocycles. The molecular weight excluding hydrogens is 325 g/mol. The number of hydrogen-bond acceptors (Lipinski definition) is 4. The summed E-state index contributed by atoms with van der Waals surface area (Å²) in [5.74, 6) is -2.31. The van der Waals surface area contributed by atoms with Crippen molar-refractivity contribution in [2.24, 2.45) is 0 Å². The van der Waals surface area contributed by atoms with E-state index < -0.39 is 42.5 Å². The highest BCUT2D eigenvalue weighted by Gasteiger charge is 2.34. The largest absolute Gasteiger partial charge is 0.573 e. The van der Waals surface area contributed by atoms with Gasteiger partial charge >= 0.3 is 12.3 Å². The average molecular weight is 334 g/mol. The van der Waals surface area contributed by atoms with E-state index in [9.17, 15) is 26.7 Å². The Morgan fingerprint density at radius 2 is 2.05 bits per heavy atom. The number of ether oxygens (including phenoxy) is 2. The molecule has 0 fully saturated rings. The molecule has 0 saturated heterocycles. The lowest BCUT2D eigenvalue weighted by molar-refractivity contribution is -0.275. The molecule has 0 bridgehead atoms. The van der Waals surface area contributed by atoms with Crippen molar-refractivity contribution in [1.29, 1.82) is 0 Å². The third-order valence-corrected chi connectivity index (χ3v) is 2.57. The van der Waals surface area contributed by atoms with Gasteiger partial charge in [0.2, 0.25) is 0 Å². The molecular formula is C11H9ClF5NO3. The van der Waals surface area contributed by atoms with Crippen molar-refractivity contribution in [3.63, 3.8) is 0 Å². The summed E-state index contributed by atoms with van der Waals surface area (Å²) in [6.45, 7) is 0. The summed E-state index contributed by atoms with van der Waals surface area (Å²) in [7, 11) is 1.02. The van der Waals surface area contributed by atoms with Crippen molar-refractivity contribution in [2.75, 3.05) is 7.11 Å². The van der Waals surface area contributed by atoms with E-state index in [-0.39, 0.29) is 11.3 Å². The van der Waals surface area contributed by atoms with Gasteiger partial charge in [-0.2, -0.15) is 0 Å². The summed E-state index contributed by atoms with van der Waals surface area (Å²) in [6.07, 6.45) is -8.87. The van der Waals surface area contributed by atoms with Gasteiger partial charge in [-0.25, -0.2) is 8.78 Å². The molecule has 0 saturated carbocycles. The maximum absolute atomic E-state index is 12.6. The Kier molecular flexibility index (Phi) is 5.70. The fourth-order valence-corrected chi connectivity index (χ4v) is 1.68. The normalized spacial score (nSPS) is 11.6. The first-order chi connectivity index (χ1) is 9.67. The summed E-state index contributed by atoms with van der Waals surface area (Å²) >= 11 is 5.48. The minimum atomic E-state index is -5.12. The van der Waals surface area contributed by atoms with E-state index in [2.05, 4.69) is 14.5 Å². The van der Waals surface area contributed by atoms with Crippen molar-refractivity contribution in [3.8, 4) is 5.75 Å². The lowest BCUT2D eigenvalue weighted by atomic mass is 10.1. The lowest BCUT2D eigenvalue weighted by Crippen LogP contribution is -2.20. The van der Waals surface area contributed by atoms with Crippen LogP contribution in [0, 0.1) is 0 Å². The van der Waals surface area contributed by atoms with Crippen molar-refractivity contribution in [3.05, 3.63) is 23.0 Å². The summed E-state index contributed by atoms with van der Waals surface area (Å²) in [4.78, 5) is 14.6. The molecule has 21 heavy (non-hydrogen) atoms.